The quantitative estimate of drug-likeness (QED) is 0.904. The van der Waals surface area contributed by atoms with Gasteiger partial charge in [-0.3, -0.25) is 0 Å². The topological polar surface area (TPSA) is 64.0 Å². The Bertz CT molecular complexity index is 561. The summed E-state index contributed by atoms with van der Waals surface area (Å²) >= 11 is 0. The Balaban J connectivity index is 1.48. The van der Waals surface area contributed by atoms with Crippen molar-refractivity contribution in [3.8, 4) is 0 Å². The Morgan fingerprint density at radius 2 is 2.00 bits per heavy atom. The van der Waals surface area contributed by atoms with Crippen LogP contribution in [0.25, 0.3) is 0 Å². The van der Waals surface area contributed by atoms with E-state index in [2.05, 4.69) is 14.3 Å². The van der Waals surface area contributed by atoms with E-state index in [1.54, 1.807) is 0 Å². The molecule has 118 valence electrons. The summed E-state index contributed by atoms with van der Waals surface area (Å²) in [5.74, 6) is 2.13. The van der Waals surface area contributed by atoms with E-state index in [9.17, 15) is 8.42 Å². The van der Waals surface area contributed by atoms with Crippen LogP contribution in [-0.2, 0) is 23.0 Å². The van der Waals surface area contributed by atoms with E-state index in [1.807, 2.05) is 12.4 Å². The molecule has 0 radical (unpaired) electrons. The maximum Gasteiger partial charge on any atom is 0.211 e. The number of rotatable bonds is 5. The first-order chi connectivity index (χ1) is 10.1. The zero-order valence-electron chi connectivity index (χ0n) is 12.5. The highest BCUT2D eigenvalue weighted by atomic mass is 32.2. The Kier molecular flexibility index (Phi) is 4.64. The molecule has 1 aliphatic heterocycles. The van der Waals surface area contributed by atoms with Crippen molar-refractivity contribution in [2.24, 2.45) is 11.8 Å². The molecule has 0 spiro atoms. The summed E-state index contributed by atoms with van der Waals surface area (Å²) in [6, 6.07) is 0. The molecule has 1 saturated carbocycles. The van der Waals surface area contributed by atoms with Crippen LogP contribution in [0.5, 0.6) is 0 Å². The highest BCUT2D eigenvalue weighted by molar-refractivity contribution is 7.89. The van der Waals surface area contributed by atoms with Crippen LogP contribution in [0, 0.1) is 11.8 Å². The summed E-state index contributed by atoms with van der Waals surface area (Å²) in [4.78, 5) is 4.33. The standard InChI is InChI=1S/C15H25N3O2S/c19-21(20,12-13-4-2-1-3-5-13)17-11-14-6-8-18-9-7-16-15(18)10-14/h7,9,13-14,17H,1-6,8,10-12H2. The van der Waals surface area contributed by atoms with Gasteiger partial charge < -0.3 is 4.57 Å². The van der Waals surface area contributed by atoms with Gasteiger partial charge in [-0.2, -0.15) is 0 Å². The number of fused-ring (bicyclic) bond motifs is 1. The van der Waals surface area contributed by atoms with E-state index in [-0.39, 0.29) is 0 Å². The van der Waals surface area contributed by atoms with Crippen molar-refractivity contribution in [2.45, 2.75) is 51.5 Å². The largest absolute Gasteiger partial charge is 0.335 e. The number of sulfonamides is 1. The number of hydrogen-bond donors (Lipinski definition) is 1. The van der Waals surface area contributed by atoms with E-state index in [0.29, 0.717) is 24.1 Å². The van der Waals surface area contributed by atoms with Crippen LogP contribution in [0.15, 0.2) is 12.4 Å². The van der Waals surface area contributed by atoms with Crippen LogP contribution in [0.1, 0.15) is 44.3 Å². The second kappa shape index (κ2) is 6.48. The zero-order chi connectivity index (χ0) is 14.7. The predicted molar refractivity (Wildman–Crippen MR) is 82.4 cm³/mol. The van der Waals surface area contributed by atoms with Crippen LogP contribution in [0.2, 0.25) is 0 Å². The van der Waals surface area contributed by atoms with Crippen molar-refractivity contribution in [1.82, 2.24) is 14.3 Å². The first kappa shape index (κ1) is 15.0. The number of nitrogens with one attached hydrogen (secondary N) is 1. The van der Waals surface area contributed by atoms with Crippen LogP contribution in [0.4, 0.5) is 0 Å². The van der Waals surface area contributed by atoms with E-state index >= 15 is 0 Å². The lowest BCUT2D eigenvalue weighted by molar-refractivity contribution is 0.372. The van der Waals surface area contributed by atoms with Gasteiger partial charge in [0.25, 0.3) is 0 Å². The van der Waals surface area contributed by atoms with Gasteiger partial charge in [-0.15, -0.1) is 0 Å². The molecule has 0 amide bonds. The molecule has 1 unspecified atom stereocenters. The summed E-state index contributed by atoms with van der Waals surface area (Å²) in [5, 5.41) is 0. The van der Waals surface area contributed by atoms with Crippen molar-refractivity contribution in [3.05, 3.63) is 18.2 Å². The first-order valence-corrected chi connectivity index (χ1v) is 9.75. The second-order valence-corrected chi connectivity index (χ2v) is 8.38. The molecule has 2 heterocycles. The van der Waals surface area contributed by atoms with Gasteiger partial charge in [-0.25, -0.2) is 18.1 Å². The lowest BCUT2D eigenvalue weighted by Gasteiger charge is -2.25. The summed E-state index contributed by atoms with van der Waals surface area (Å²) in [5.41, 5.74) is 0. The van der Waals surface area contributed by atoms with E-state index < -0.39 is 10.0 Å². The summed E-state index contributed by atoms with van der Waals surface area (Å²) < 4.78 is 29.4. The molecule has 1 aromatic heterocycles. The average Bonchev–Trinajstić information content (AvgIpc) is 2.93. The minimum atomic E-state index is -3.12. The molecule has 1 fully saturated rings. The van der Waals surface area contributed by atoms with E-state index in [0.717, 1.165) is 38.1 Å². The zero-order valence-corrected chi connectivity index (χ0v) is 13.3. The van der Waals surface area contributed by atoms with Gasteiger partial charge in [0.05, 0.1) is 5.75 Å². The van der Waals surface area contributed by atoms with E-state index in [4.69, 9.17) is 0 Å². The maximum atomic E-state index is 12.2. The van der Waals surface area contributed by atoms with E-state index in [1.165, 1.54) is 19.3 Å². The van der Waals surface area contributed by atoms with Gasteiger partial charge in [0.1, 0.15) is 5.82 Å². The van der Waals surface area contributed by atoms with Crippen molar-refractivity contribution in [2.75, 3.05) is 12.3 Å². The van der Waals surface area contributed by atoms with Gasteiger partial charge >= 0.3 is 0 Å². The first-order valence-electron chi connectivity index (χ1n) is 8.10. The fraction of sp³-hybridized carbons (Fsp3) is 0.800. The molecule has 0 aromatic carbocycles. The molecule has 2 aliphatic rings. The van der Waals surface area contributed by atoms with Gasteiger partial charge in [-0.1, -0.05) is 19.3 Å². The van der Waals surface area contributed by atoms with Crippen LogP contribution >= 0.6 is 0 Å². The number of nitrogens with zero attached hydrogens (tertiary/aromatic N) is 2. The molecule has 3 rings (SSSR count). The Labute approximate surface area is 127 Å². The van der Waals surface area contributed by atoms with Crippen molar-refractivity contribution in [3.63, 3.8) is 0 Å². The summed E-state index contributed by atoms with van der Waals surface area (Å²) in [7, 11) is -3.12. The number of aryl methyl sites for hydroxylation is 1. The third-order valence-corrected chi connectivity index (χ3v) is 6.34. The maximum absolute atomic E-state index is 12.2. The minimum absolute atomic E-state index is 0.314. The normalized spacial score (nSPS) is 23.9. The van der Waals surface area contributed by atoms with Gasteiger partial charge in [-0.05, 0) is 31.1 Å². The Hall–Kier alpha value is -0.880. The minimum Gasteiger partial charge on any atom is -0.335 e. The molecule has 1 aliphatic carbocycles. The Morgan fingerprint density at radius 3 is 2.81 bits per heavy atom. The number of imidazole rings is 1. The predicted octanol–water partition coefficient (Wildman–Crippen LogP) is 1.95. The third kappa shape index (κ3) is 4.07. The highest BCUT2D eigenvalue weighted by Crippen LogP contribution is 2.25. The van der Waals surface area contributed by atoms with Crippen molar-refractivity contribution >= 4 is 10.0 Å². The molecule has 1 aromatic rings. The summed E-state index contributed by atoms with van der Waals surface area (Å²) in [6.45, 7) is 1.51. The van der Waals surface area contributed by atoms with Crippen molar-refractivity contribution in [1.29, 1.82) is 0 Å². The molecule has 0 bridgehead atoms. The fourth-order valence-electron chi connectivity index (χ4n) is 3.56. The number of aromatic nitrogens is 2. The molecule has 0 saturated heterocycles. The highest BCUT2D eigenvalue weighted by Gasteiger charge is 2.24. The molecule has 1 N–H and O–H groups in total. The third-order valence-electron chi connectivity index (χ3n) is 4.82. The smallest absolute Gasteiger partial charge is 0.211 e. The van der Waals surface area contributed by atoms with Crippen molar-refractivity contribution < 1.29 is 8.42 Å². The van der Waals surface area contributed by atoms with Crippen LogP contribution in [-0.4, -0.2) is 30.3 Å². The lowest BCUT2D eigenvalue weighted by Crippen LogP contribution is -2.36. The summed E-state index contributed by atoms with van der Waals surface area (Å²) in [6.07, 6.45) is 11.5. The van der Waals surface area contributed by atoms with Crippen LogP contribution in [0.3, 0.4) is 0 Å². The van der Waals surface area contributed by atoms with Gasteiger partial charge in [0.15, 0.2) is 0 Å². The second-order valence-electron chi connectivity index (χ2n) is 6.53. The van der Waals surface area contributed by atoms with Gasteiger partial charge in [0, 0.05) is 31.9 Å². The molecule has 21 heavy (non-hydrogen) atoms. The molecule has 6 heteroatoms. The average molecular weight is 311 g/mol. The molecular weight excluding hydrogens is 286 g/mol. The fourth-order valence-corrected chi connectivity index (χ4v) is 5.12. The lowest BCUT2D eigenvalue weighted by atomic mass is 9.91. The number of hydrogen-bond acceptors (Lipinski definition) is 3. The Morgan fingerprint density at radius 1 is 1.19 bits per heavy atom. The van der Waals surface area contributed by atoms with Gasteiger partial charge in [0.2, 0.25) is 10.0 Å². The molecule has 1 atom stereocenters. The SMILES string of the molecule is O=S(=O)(CC1CCCCC1)NCC1CCn2ccnc2C1. The molecule has 5 nitrogen and oxygen atoms in total. The monoisotopic (exact) mass is 311 g/mol. The van der Waals surface area contributed by atoms with Crippen LogP contribution < -0.4 is 4.72 Å². The molecular formula is C15H25N3O2S.